The molecule has 1 heterocycles. The number of ether oxygens (including phenoxy) is 4. The second-order valence-electron chi connectivity index (χ2n) is 6.22. The van der Waals surface area contributed by atoms with Crippen LogP contribution < -0.4 is 14.8 Å². The first-order valence-corrected chi connectivity index (χ1v) is 9.25. The summed E-state index contributed by atoms with van der Waals surface area (Å²) in [6.07, 6.45) is 6.89. The van der Waals surface area contributed by atoms with Gasteiger partial charge in [-0.2, -0.15) is 0 Å². The van der Waals surface area contributed by atoms with Gasteiger partial charge in [0.2, 0.25) is 0 Å². The molecule has 0 saturated heterocycles. The Balaban J connectivity index is 1.97. The van der Waals surface area contributed by atoms with Crippen molar-refractivity contribution in [2.75, 3.05) is 46.0 Å². The summed E-state index contributed by atoms with van der Waals surface area (Å²) in [5.41, 5.74) is 1.74. The number of phenols is 1. The lowest BCUT2D eigenvalue weighted by Gasteiger charge is -2.15. The fourth-order valence-corrected chi connectivity index (χ4v) is 2.73. The van der Waals surface area contributed by atoms with E-state index in [1.807, 2.05) is 6.07 Å². The fraction of sp³-hybridized carbons (Fsp3) is 0.273. The Labute approximate surface area is 174 Å². The Morgan fingerprint density at radius 2 is 1.67 bits per heavy atom. The topological polar surface area (TPSA) is 95.0 Å². The summed E-state index contributed by atoms with van der Waals surface area (Å²) in [4.78, 5) is 8.69. The van der Waals surface area contributed by atoms with Crippen molar-refractivity contribution in [2.45, 2.75) is 0 Å². The van der Waals surface area contributed by atoms with E-state index in [9.17, 15) is 5.11 Å². The molecule has 8 heteroatoms. The number of hydrogen-bond acceptors (Lipinski definition) is 8. The van der Waals surface area contributed by atoms with Gasteiger partial charge in [0.15, 0.2) is 11.5 Å². The summed E-state index contributed by atoms with van der Waals surface area (Å²) in [6, 6.07) is 8.52. The molecule has 2 aromatic carbocycles. The fourth-order valence-electron chi connectivity index (χ4n) is 2.73. The maximum absolute atomic E-state index is 9.79. The highest BCUT2D eigenvalue weighted by atomic mass is 16.5. The lowest BCUT2D eigenvalue weighted by molar-refractivity contribution is 0.132. The predicted molar refractivity (Wildman–Crippen MR) is 114 cm³/mol. The van der Waals surface area contributed by atoms with Crippen LogP contribution in [0.15, 0.2) is 36.7 Å². The highest BCUT2D eigenvalue weighted by molar-refractivity contribution is 5.93. The van der Waals surface area contributed by atoms with Gasteiger partial charge < -0.3 is 29.4 Å². The van der Waals surface area contributed by atoms with Gasteiger partial charge in [-0.1, -0.05) is 5.92 Å². The molecule has 0 radical (unpaired) electrons. The molecule has 0 aliphatic carbocycles. The van der Waals surface area contributed by atoms with Crippen LogP contribution in [-0.2, 0) is 9.47 Å². The largest absolute Gasteiger partial charge is 0.507 e. The molecule has 8 nitrogen and oxygen atoms in total. The molecule has 0 bridgehead atoms. The standard InChI is InChI=1S/C22H23N3O5/c1-4-15-11-16(5-6-19(15)26)25-22-17-12-20(29-9-7-27-2)21(30-10-8-28-3)13-18(17)23-14-24-22/h1,5-6,11-14,26H,7-10H2,2-3H3,(H,23,24,25). The number of aromatic nitrogens is 2. The van der Waals surface area contributed by atoms with E-state index in [1.165, 1.54) is 12.4 Å². The van der Waals surface area contributed by atoms with E-state index in [-0.39, 0.29) is 5.75 Å². The average molecular weight is 409 g/mol. The average Bonchev–Trinajstić information content (AvgIpc) is 2.76. The molecule has 0 atom stereocenters. The van der Waals surface area contributed by atoms with Gasteiger partial charge in [0, 0.05) is 31.4 Å². The molecule has 0 amide bonds. The molecule has 2 N–H and O–H groups in total. The number of fused-ring (bicyclic) bond motifs is 1. The van der Waals surface area contributed by atoms with E-state index in [0.717, 1.165) is 5.39 Å². The van der Waals surface area contributed by atoms with Gasteiger partial charge in [0.25, 0.3) is 0 Å². The van der Waals surface area contributed by atoms with Gasteiger partial charge in [-0.15, -0.1) is 6.42 Å². The summed E-state index contributed by atoms with van der Waals surface area (Å²) in [5.74, 6) is 4.15. The zero-order chi connectivity index (χ0) is 21.3. The van der Waals surface area contributed by atoms with E-state index in [4.69, 9.17) is 25.4 Å². The molecule has 3 aromatic rings. The summed E-state index contributed by atoms with van der Waals surface area (Å²) < 4.78 is 21.7. The van der Waals surface area contributed by atoms with Gasteiger partial charge >= 0.3 is 0 Å². The molecule has 0 saturated carbocycles. The van der Waals surface area contributed by atoms with Crippen LogP contribution in [0.1, 0.15) is 5.56 Å². The lowest BCUT2D eigenvalue weighted by Crippen LogP contribution is -2.09. The van der Waals surface area contributed by atoms with Gasteiger partial charge in [0.05, 0.1) is 24.3 Å². The minimum Gasteiger partial charge on any atom is -0.507 e. The number of methoxy groups -OCH3 is 2. The smallest absolute Gasteiger partial charge is 0.163 e. The normalized spacial score (nSPS) is 10.6. The summed E-state index contributed by atoms with van der Waals surface area (Å²) in [7, 11) is 3.22. The molecule has 0 aliphatic heterocycles. The third kappa shape index (κ3) is 5.08. The van der Waals surface area contributed by atoms with Crippen LogP contribution >= 0.6 is 0 Å². The van der Waals surface area contributed by atoms with Gasteiger partial charge in [-0.3, -0.25) is 0 Å². The Kier molecular flexibility index (Phi) is 7.27. The van der Waals surface area contributed by atoms with Crippen molar-refractivity contribution < 1.29 is 24.1 Å². The molecule has 3 rings (SSSR count). The lowest BCUT2D eigenvalue weighted by atomic mass is 10.1. The maximum Gasteiger partial charge on any atom is 0.163 e. The number of nitrogens with one attached hydrogen (secondary N) is 1. The number of aromatic hydroxyl groups is 1. The first-order chi connectivity index (χ1) is 14.7. The highest BCUT2D eigenvalue weighted by Gasteiger charge is 2.13. The van der Waals surface area contributed by atoms with Crippen molar-refractivity contribution in [3.8, 4) is 29.6 Å². The van der Waals surface area contributed by atoms with E-state index in [1.54, 1.807) is 32.4 Å². The van der Waals surface area contributed by atoms with E-state index in [2.05, 4.69) is 21.2 Å². The highest BCUT2D eigenvalue weighted by Crippen LogP contribution is 2.35. The maximum atomic E-state index is 9.79. The van der Waals surface area contributed by atoms with Crippen LogP contribution in [0.2, 0.25) is 0 Å². The first kappa shape index (κ1) is 21.2. The van der Waals surface area contributed by atoms with Crippen molar-refractivity contribution in [1.29, 1.82) is 0 Å². The van der Waals surface area contributed by atoms with Crippen molar-refractivity contribution in [3.05, 3.63) is 42.2 Å². The zero-order valence-corrected chi connectivity index (χ0v) is 16.8. The molecule has 0 aliphatic rings. The summed E-state index contributed by atoms with van der Waals surface area (Å²) >= 11 is 0. The van der Waals surface area contributed by atoms with Crippen molar-refractivity contribution in [2.24, 2.45) is 0 Å². The van der Waals surface area contributed by atoms with Crippen LogP contribution in [0.4, 0.5) is 11.5 Å². The van der Waals surface area contributed by atoms with E-state index >= 15 is 0 Å². The number of rotatable bonds is 10. The van der Waals surface area contributed by atoms with Gasteiger partial charge in [-0.05, 0) is 24.3 Å². The second-order valence-corrected chi connectivity index (χ2v) is 6.22. The number of hydrogen-bond donors (Lipinski definition) is 2. The zero-order valence-electron chi connectivity index (χ0n) is 16.8. The van der Waals surface area contributed by atoms with Crippen LogP contribution in [0.25, 0.3) is 10.9 Å². The molecule has 0 spiro atoms. The molecule has 0 unspecified atom stereocenters. The number of nitrogens with zero attached hydrogens (tertiary/aromatic N) is 2. The van der Waals surface area contributed by atoms with E-state index in [0.29, 0.717) is 60.5 Å². The molecule has 1 aromatic heterocycles. The SMILES string of the molecule is C#Cc1cc(Nc2ncnc3cc(OCCOC)c(OCCOC)cc23)ccc1O. The third-order valence-electron chi connectivity index (χ3n) is 4.21. The third-order valence-corrected chi connectivity index (χ3v) is 4.21. The van der Waals surface area contributed by atoms with Crippen LogP contribution in [0.3, 0.4) is 0 Å². The minimum atomic E-state index is 0.0438. The number of anilines is 2. The predicted octanol–water partition coefficient (Wildman–Crippen LogP) is 3.11. The quantitative estimate of drug-likeness (QED) is 0.300. The van der Waals surface area contributed by atoms with Crippen LogP contribution in [-0.4, -0.2) is 55.7 Å². The molecular formula is C22H23N3O5. The molecule has 30 heavy (non-hydrogen) atoms. The summed E-state index contributed by atoms with van der Waals surface area (Å²) in [6.45, 7) is 1.63. The van der Waals surface area contributed by atoms with Gasteiger partial charge in [0.1, 0.15) is 31.1 Å². The Bertz CT molecular complexity index is 1050. The number of terminal acetylenes is 1. The minimum absolute atomic E-state index is 0.0438. The molecule has 156 valence electrons. The first-order valence-electron chi connectivity index (χ1n) is 9.25. The van der Waals surface area contributed by atoms with Crippen molar-refractivity contribution >= 4 is 22.4 Å². The van der Waals surface area contributed by atoms with Crippen molar-refractivity contribution in [1.82, 2.24) is 9.97 Å². The Hall–Kier alpha value is -3.54. The van der Waals surface area contributed by atoms with Gasteiger partial charge in [-0.25, -0.2) is 9.97 Å². The number of phenolic OH excluding ortho intramolecular Hbond substituents is 1. The van der Waals surface area contributed by atoms with Crippen LogP contribution in [0.5, 0.6) is 17.2 Å². The van der Waals surface area contributed by atoms with Crippen molar-refractivity contribution in [3.63, 3.8) is 0 Å². The second kappa shape index (κ2) is 10.3. The van der Waals surface area contributed by atoms with Crippen LogP contribution in [0, 0.1) is 12.3 Å². The number of benzene rings is 2. The molecular weight excluding hydrogens is 386 g/mol. The monoisotopic (exact) mass is 409 g/mol. The Morgan fingerprint density at radius 1 is 0.967 bits per heavy atom. The Morgan fingerprint density at radius 3 is 2.33 bits per heavy atom. The molecule has 0 fully saturated rings. The van der Waals surface area contributed by atoms with E-state index < -0.39 is 0 Å². The summed E-state index contributed by atoms with van der Waals surface area (Å²) in [5, 5.41) is 13.7.